The summed E-state index contributed by atoms with van der Waals surface area (Å²) in [5.41, 5.74) is 0.166. The largest absolute Gasteiger partial charge is 0.307 e. The molecule has 2 rings (SSSR count). The van der Waals surface area contributed by atoms with Crippen molar-refractivity contribution in [3.05, 3.63) is 62.0 Å². The van der Waals surface area contributed by atoms with E-state index in [1.807, 2.05) is 6.92 Å². The Morgan fingerprint density at radius 3 is 2.71 bits per heavy atom. The first-order chi connectivity index (χ1) is 9.88. The molecule has 1 aromatic carbocycles. The Bertz CT molecular complexity index is 737. The van der Waals surface area contributed by atoms with Crippen LogP contribution >= 0.6 is 15.9 Å². The minimum absolute atomic E-state index is 0.0273. The highest BCUT2D eigenvalue weighted by molar-refractivity contribution is 9.10. The standard InChI is InChI=1S/C13H9BrFN3O3/c1-7-4-12(16-6-9(7)14)17-13(19)8-2-3-11(18(20)21)10(15)5-8/h2-6H,1H3,(H,16,17,19). The monoisotopic (exact) mass is 353 g/mol. The van der Waals surface area contributed by atoms with Crippen molar-refractivity contribution in [2.24, 2.45) is 0 Å². The number of nitro groups is 1. The van der Waals surface area contributed by atoms with Gasteiger partial charge in [0, 0.05) is 22.3 Å². The Morgan fingerprint density at radius 1 is 1.43 bits per heavy atom. The fourth-order valence-corrected chi connectivity index (χ4v) is 1.81. The summed E-state index contributed by atoms with van der Waals surface area (Å²) >= 11 is 3.28. The minimum atomic E-state index is -1.06. The molecule has 0 atom stereocenters. The van der Waals surface area contributed by atoms with Crippen LogP contribution in [0, 0.1) is 22.9 Å². The summed E-state index contributed by atoms with van der Waals surface area (Å²) in [5.74, 6) is -1.36. The predicted molar refractivity (Wildman–Crippen MR) is 77.7 cm³/mol. The van der Waals surface area contributed by atoms with Gasteiger partial charge in [0.1, 0.15) is 5.82 Å². The molecule has 0 unspecified atom stereocenters. The van der Waals surface area contributed by atoms with Crippen molar-refractivity contribution in [2.45, 2.75) is 6.92 Å². The summed E-state index contributed by atoms with van der Waals surface area (Å²) in [4.78, 5) is 25.6. The number of nitrogens with one attached hydrogen (secondary N) is 1. The summed E-state index contributed by atoms with van der Waals surface area (Å²) in [6.45, 7) is 1.83. The second-order valence-corrected chi connectivity index (χ2v) is 5.05. The molecule has 1 aromatic heterocycles. The number of nitro benzene ring substituents is 1. The molecule has 8 heteroatoms. The highest BCUT2D eigenvalue weighted by Crippen LogP contribution is 2.20. The van der Waals surface area contributed by atoms with Crippen LogP contribution in [0.3, 0.4) is 0 Å². The first-order valence-electron chi connectivity index (χ1n) is 5.76. The van der Waals surface area contributed by atoms with Gasteiger partial charge in [-0.1, -0.05) is 0 Å². The van der Waals surface area contributed by atoms with E-state index in [2.05, 4.69) is 26.2 Å². The Hall–Kier alpha value is -2.35. The summed E-state index contributed by atoms with van der Waals surface area (Å²) < 4.78 is 14.3. The van der Waals surface area contributed by atoms with Gasteiger partial charge in [-0.2, -0.15) is 4.39 Å². The van der Waals surface area contributed by atoms with E-state index in [-0.39, 0.29) is 5.56 Å². The number of nitrogens with zero attached hydrogens (tertiary/aromatic N) is 2. The van der Waals surface area contributed by atoms with E-state index in [0.29, 0.717) is 5.82 Å². The molecular formula is C13H9BrFN3O3. The lowest BCUT2D eigenvalue weighted by atomic mass is 10.2. The molecule has 0 saturated carbocycles. The van der Waals surface area contributed by atoms with Gasteiger partial charge in [0.15, 0.2) is 0 Å². The highest BCUT2D eigenvalue weighted by Gasteiger charge is 2.17. The zero-order chi connectivity index (χ0) is 15.6. The minimum Gasteiger partial charge on any atom is -0.307 e. The predicted octanol–water partition coefficient (Wildman–Crippen LogP) is 3.45. The molecule has 0 aliphatic heterocycles. The molecule has 0 fully saturated rings. The van der Waals surface area contributed by atoms with Crippen molar-refractivity contribution in [1.82, 2.24) is 4.98 Å². The van der Waals surface area contributed by atoms with Crippen molar-refractivity contribution >= 4 is 33.3 Å². The normalized spacial score (nSPS) is 10.2. The Balaban J connectivity index is 2.22. The van der Waals surface area contributed by atoms with Crippen LogP contribution < -0.4 is 5.32 Å². The van der Waals surface area contributed by atoms with Gasteiger partial charge in [-0.25, -0.2) is 4.98 Å². The van der Waals surface area contributed by atoms with E-state index < -0.39 is 22.3 Å². The smallest absolute Gasteiger partial charge is 0.304 e. The highest BCUT2D eigenvalue weighted by atomic mass is 79.9. The van der Waals surface area contributed by atoms with Gasteiger partial charge in [-0.3, -0.25) is 14.9 Å². The third kappa shape index (κ3) is 3.40. The third-order valence-corrected chi connectivity index (χ3v) is 3.53. The van der Waals surface area contributed by atoms with Crippen molar-refractivity contribution in [2.75, 3.05) is 5.32 Å². The number of hydrogen-bond donors (Lipinski definition) is 1. The van der Waals surface area contributed by atoms with Crippen LogP contribution in [0.2, 0.25) is 0 Å². The van der Waals surface area contributed by atoms with E-state index in [4.69, 9.17) is 0 Å². The van der Waals surface area contributed by atoms with Crippen LogP contribution in [0.4, 0.5) is 15.9 Å². The number of anilines is 1. The van der Waals surface area contributed by atoms with Crippen molar-refractivity contribution in [1.29, 1.82) is 0 Å². The molecule has 6 nitrogen and oxygen atoms in total. The third-order valence-electron chi connectivity index (χ3n) is 2.70. The SMILES string of the molecule is Cc1cc(NC(=O)c2ccc([N+](=O)[O-])c(F)c2)ncc1Br. The summed E-state index contributed by atoms with van der Waals surface area (Å²) in [7, 11) is 0. The number of carbonyl (C=O) groups is 1. The summed E-state index contributed by atoms with van der Waals surface area (Å²) in [6, 6.07) is 4.59. The molecule has 0 aliphatic rings. The zero-order valence-corrected chi connectivity index (χ0v) is 12.3. The van der Waals surface area contributed by atoms with Crippen LogP contribution in [-0.2, 0) is 0 Å². The molecule has 0 saturated heterocycles. The van der Waals surface area contributed by atoms with E-state index in [9.17, 15) is 19.3 Å². The molecule has 108 valence electrons. The Morgan fingerprint density at radius 2 is 2.14 bits per heavy atom. The first kappa shape index (κ1) is 15.0. The first-order valence-corrected chi connectivity index (χ1v) is 6.55. The number of halogens is 2. The number of rotatable bonds is 3. The molecule has 1 heterocycles. The van der Waals surface area contributed by atoms with Gasteiger partial charge in [-0.05, 0) is 46.6 Å². The van der Waals surface area contributed by atoms with Gasteiger partial charge < -0.3 is 5.32 Å². The zero-order valence-electron chi connectivity index (χ0n) is 10.8. The second kappa shape index (κ2) is 5.96. The fourth-order valence-electron chi connectivity index (χ4n) is 1.59. The average molecular weight is 354 g/mol. The molecular weight excluding hydrogens is 345 g/mol. The van der Waals surface area contributed by atoms with E-state index >= 15 is 0 Å². The fraction of sp³-hybridized carbons (Fsp3) is 0.0769. The van der Waals surface area contributed by atoms with Gasteiger partial charge in [0.2, 0.25) is 5.82 Å². The molecule has 0 aliphatic carbocycles. The lowest BCUT2D eigenvalue weighted by Gasteiger charge is -2.06. The lowest BCUT2D eigenvalue weighted by molar-refractivity contribution is -0.387. The van der Waals surface area contributed by atoms with Gasteiger partial charge >= 0.3 is 5.69 Å². The molecule has 0 spiro atoms. The number of carbonyl (C=O) groups excluding carboxylic acids is 1. The van der Waals surface area contributed by atoms with Crippen LogP contribution in [0.25, 0.3) is 0 Å². The number of benzene rings is 1. The maximum Gasteiger partial charge on any atom is 0.304 e. The summed E-state index contributed by atoms with van der Waals surface area (Å²) in [6.07, 6.45) is 1.53. The van der Waals surface area contributed by atoms with E-state index in [1.54, 1.807) is 6.07 Å². The number of hydrogen-bond acceptors (Lipinski definition) is 4. The van der Waals surface area contributed by atoms with Crippen LogP contribution in [0.5, 0.6) is 0 Å². The van der Waals surface area contributed by atoms with Crippen LogP contribution in [-0.4, -0.2) is 15.8 Å². The Kier molecular flexibility index (Phi) is 4.27. The average Bonchev–Trinajstić information content (AvgIpc) is 2.42. The number of aryl methyl sites for hydroxylation is 1. The van der Waals surface area contributed by atoms with Gasteiger partial charge in [0.05, 0.1) is 4.92 Å². The quantitative estimate of drug-likeness (QED) is 0.676. The van der Waals surface area contributed by atoms with Crippen molar-refractivity contribution in [3.63, 3.8) is 0 Å². The molecule has 2 aromatic rings. The number of aromatic nitrogens is 1. The molecule has 1 amide bonds. The molecule has 0 radical (unpaired) electrons. The van der Waals surface area contributed by atoms with Crippen molar-refractivity contribution < 1.29 is 14.1 Å². The van der Waals surface area contributed by atoms with Gasteiger partial charge in [-0.15, -0.1) is 0 Å². The van der Waals surface area contributed by atoms with Crippen LogP contribution in [0.15, 0.2) is 34.9 Å². The van der Waals surface area contributed by atoms with E-state index in [0.717, 1.165) is 22.2 Å². The lowest BCUT2D eigenvalue weighted by Crippen LogP contribution is -2.13. The van der Waals surface area contributed by atoms with Crippen molar-refractivity contribution in [3.8, 4) is 0 Å². The molecule has 0 bridgehead atoms. The maximum absolute atomic E-state index is 13.5. The number of pyridine rings is 1. The van der Waals surface area contributed by atoms with E-state index in [1.165, 1.54) is 12.3 Å². The number of amides is 1. The topological polar surface area (TPSA) is 85.1 Å². The van der Waals surface area contributed by atoms with Crippen LogP contribution in [0.1, 0.15) is 15.9 Å². The maximum atomic E-state index is 13.5. The second-order valence-electron chi connectivity index (χ2n) is 4.20. The molecule has 21 heavy (non-hydrogen) atoms. The summed E-state index contributed by atoms with van der Waals surface area (Å²) in [5, 5.41) is 13.0. The van der Waals surface area contributed by atoms with Gasteiger partial charge in [0.25, 0.3) is 5.91 Å². The Labute approximate surface area is 127 Å². The molecule has 1 N–H and O–H groups in total.